The lowest BCUT2D eigenvalue weighted by Gasteiger charge is -1.97. The van der Waals surface area contributed by atoms with Crippen molar-refractivity contribution in [3.8, 4) is 17.9 Å². The summed E-state index contributed by atoms with van der Waals surface area (Å²) in [5.41, 5.74) is 0.867. The fourth-order valence-corrected chi connectivity index (χ4v) is 1.33. The third-order valence-electron chi connectivity index (χ3n) is 1.93. The number of pyridine rings is 1. The van der Waals surface area contributed by atoms with Gasteiger partial charge in [-0.2, -0.15) is 5.26 Å². The molecule has 2 rings (SSSR count). The van der Waals surface area contributed by atoms with E-state index >= 15 is 0 Å². The summed E-state index contributed by atoms with van der Waals surface area (Å²) in [5, 5.41) is 10.4. The zero-order chi connectivity index (χ0) is 9.80. The van der Waals surface area contributed by atoms with Gasteiger partial charge in [-0.05, 0) is 12.1 Å². The van der Waals surface area contributed by atoms with Gasteiger partial charge in [-0.3, -0.25) is 4.98 Å². The topological polar surface area (TPSA) is 36.7 Å². The van der Waals surface area contributed by atoms with Crippen molar-refractivity contribution in [3.63, 3.8) is 0 Å². The van der Waals surface area contributed by atoms with Gasteiger partial charge in [-0.15, -0.1) is 0 Å². The molecule has 0 aliphatic carbocycles. The van der Waals surface area contributed by atoms with Gasteiger partial charge in [0.05, 0.1) is 0 Å². The minimum absolute atomic E-state index is 0.867. The zero-order valence-corrected chi connectivity index (χ0v) is 7.36. The summed E-state index contributed by atoms with van der Waals surface area (Å²) in [7, 11) is 0. The minimum atomic E-state index is 0.867. The van der Waals surface area contributed by atoms with Gasteiger partial charge < -0.3 is 0 Å². The Kier molecular flexibility index (Phi) is 2.13. The molecule has 0 fully saturated rings. The number of benzene rings is 1. The van der Waals surface area contributed by atoms with Crippen molar-refractivity contribution in [2.24, 2.45) is 0 Å². The lowest BCUT2D eigenvalue weighted by molar-refractivity contribution is 1.36. The molecule has 0 atom stereocenters. The third-order valence-corrected chi connectivity index (χ3v) is 1.93. The molecule has 0 amide bonds. The molecule has 2 heteroatoms. The van der Waals surface area contributed by atoms with E-state index in [1.54, 1.807) is 18.5 Å². The van der Waals surface area contributed by atoms with Crippen molar-refractivity contribution < 1.29 is 0 Å². The highest BCUT2D eigenvalue weighted by atomic mass is 14.6. The van der Waals surface area contributed by atoms with Crippen molar-refractivity contribution >= 4 is 10.8 Å². The summed E-state index contributed by atoms with van der Waals surface area (Å²) < 4.78 is 0. The van der Waals surface area contributed by atoms with Crippen LogP contribution in [0.15, 0.2) is 36.7 Å². The van der Waals surface area contributed by atoms with Crippen LogP contribution >= 0.6 is 0 Å². The maximum absolute atomic E-state index is 8.36. The quantitative estimate of drug-likeness (QED) is 0.579. The highest BCUT2D eigenvalue weighted by Crippen LogP contribution is 2.15. The van der Waals surface area contributed by atoms with Crippen LogP contribution in [0.3, 0.4) is 0 Å². The van der Waals surface area contributed by atoms with Crippen LogP contribution < -0.4 is 0 Å². The smallest absolute Gasteiger partial charge is 0.152 e. The van der Waals surface area contributed by atoms with Crippen molar-refractivity contribution in [2.75, 3.05) is 0 Å². The van der Waals surface area contributed by atoms with E-state index in [1.807, 2.05) is 24.3 Å². The van der Waals surface area contributed by atoms with Crippen LogP contribution in [0.5, 0.6) is 0 Å². The Hall–Kier alpha value is -2.32. The highest BCUT2D eigenvalue weighted by molar-refractivity contribution is 5.87. The van der Waals surface area contributed by atoms with Gasteiger partial charge in [0.15, 0.2) is 6.07 Å². The minimum Gasteiger partial charge on any atom is -0.264 e. The van der Waals surface area contributed by atoms with E-state index in [4.69, 9.17) is 5.26 Å². The van der Waals surface area contributed by atoms with E-state index in [0.717, 1.165) is 16.3 Å². The van der Waals surface area contributed by atoms with Crippen molar-refractivity contribution in [3.05, 3.63) is 42.2 Å². The molecular formula is C12H6N2. The first-order valence-corrected chi connectivity index (χ1v) is 4.14. The predicted molar refractivity (Wildman–Crippen MR) is 54.2 cm³/mol. The van der Waals surface area contributed by atoms with E-state index in [0.29, 0.717) is 0 Å². The Morgan fingerprint density at radius 1 is 1.21 bits per heavy atom. The van der Waals surface area contributed by atoms with Crippen LogP contribution in [-0.4, -0.2) is 4.98 Å². The van der Waals surface area contributed by atoms with Crippen LogP contribution in [0.4, 0.5) is 0 Å². The molecular weight excluding hydrogens is 172 g/mol. The van der Waals surface area contributed by atoms with Crippen molar-refractivity contribution in [2.45, 2.75) is 0 Å². The fraction of sp³-hybridized carbons (Fsp3) is 0. The van der Waals surface area contributed by atoms with E-state index in [9.17, 15) is 0 Å². The van der Waals surface area contributed by atoms with E-state index in [-0.39, 0.29) is 0 Å². The average molecular weight is 178 g/mol. The lowest BCUT2D eigenvalue weighted by Crippen LogP contribution is -1.80. The molecule has 2 aromatic rings. The predicted octanol–water partition coefficient (Wildman–Crippen LogP) is 2.11. The number of nitriles is 1. The molecule has 0 N–H and O–H groups in total. The lowest BCUT2D eigenvalue weighted by atomic mass is 10.1. The molecule has 0 aliphatic heterocycles. The first-order valence-electron chi connectivity index (χ1n) is 4.14. The molecule has 1 aromatic carbocycles. The second-order valence-electron chi connectivity index (χ2n) is 2.76. The molecule has 0 saturated heterocycles. The molecule has 0 saturated carbocycles. The molecule has 0 spiro atoms. The number of hydrogen-bond donors (Lipinski definition) is 0. The van der Waals surface area contributed by atoms with Gasteiger partial charge in [-0.1, -0.05) is 18.1 Å². The number of hydrogen-bond acceptors (Lipinski definition) is 2. The van der Waals surface area contributed by atoms with Crippen LogP contribution in [0.2, 0.25) is 0 Å². The maximum Gasteiger partial charge on any atom is 0.152 e. The highest BCUT2D eigenvalue weighted by Gasteiger charge is 1.96. The summed E-state index contributed by atoms with van der Waals surface area (Å²) in [6.07, 6.45) is 3.51. The van der Waals surface area contributed by atoms with Gasteiger partial charge in [0.25, 0.3) is 0 Å². The molecule has 2 nitrogen and oxygen atoms in total. The normalized spacial score (nSPS) is 8.79. The molecule has 0 aliphatic rings. The van der Waals surface area contributed by atoms with Crippen molar-refractivity contribution in [1.29, 1.82) is 5.26 Å². The monoisotopic (exact) mass is 178 g/mol. The largest absolute Gasteiger partial charge is 0.264 e. The third kappa shape index (κ3) is 1.42. The Bertz CT molecular complexity index is 563. The van der Waals surface area contributed by atoms with Gasteiger partial charge in [0.2, 0.25) is 0 Å². The fourth-order valence-electron chi connectivity index (χ4n) is 1.33. The molecule has 14 heavy (non-hydrogen) atoms. The number of rotatable bonds is 0. The molecule has 64 valence electrons. The number of fused-ring (bicyclic) bond motifs is 1. The Balaban J connectivity index is 2.72. The summed E-state index contributed by atoms with van der Waals surface area (Å²) in [6, 6.07) is 9.48. The summed E-state index contributed by atoms with van der Waals surface area (Å²) in [4.78, 5) is 4.02. The van der Waals surface area contributed by atoms with Crippen LogP contribution in [0, 0.1) is 23.2 Å². The zero-order valence-electron chi connectivity index (χ0n) is 7.36. The first-order chi connectivity index (χ1) is 6.92. The van der Waals surface area contributed by atoms with Crippen LogP contribution in [0.25, 0.3) is 10.8 Å². The standard InChI is InChI=1S/C12H6N2/c13-7-2-5-10-3-1-4-11-9-14-8-6-12(10)11/h1,3-4,6,8-9H. The van der Waals surface area contributed by atoms with Gasteiger partial charge in [-0.25, -0.2) is 0 Å². The van der Waals surface area contributed by atoms with Gasteiger partial charge in [0.1, 0.15) is 0 Å². The average Bonchev–Trinajstić information content (AvgIpc) is 2.26. The van der Waals surface area contributed by atoms with E-state index in [1.165, 1.54) is 0 Å². The SMILES string of the molecule is N#CC#Cc1cccc2cnccc12. The number of nitrogens with zero attached hydrogens (tertiary/aromatic N) is 2. The second kappa shape index (κ2) is 3.60. The van der Waals surface area contributed by atoms with Crippen LogP contribution in [0.1, 0.15) is 5.56 Å². The van der Waals surface area contributed by atoms with E-state index < -0.39 is 0 Å². The molecule has 0 unspecified atom stereocenters. The molecule has 0 bridgehead atoms. The Morgan fingerprint density at radius 3 is 3.00 bits per heavy atom. The van der Waals surface area contributed by atoms with E-state index in [2.05, 4.69) is 16.8 Å². The molecule has 1 aromatic heterocycles. The van der Waals surface area contributed by atoms with Crippen molar-refractivity contribution in [1.82, 2.24) is 4.98 Å². The Labute approximate surface area is 81.8 Å². The Morgan fingerprint density at radius 2 is 2.14 bits per heavy atom. The first kappa shape index (κ1) is 8.29. The maximum atomic E-state index is 8.36. The molecule has 0 radical (unpaired) electrons. The summed E-state index contributed by atoms with van der Waals surface area (Å²) in [5.74, 6) is 5.19. The summed E-state index contributed by atoms with van der Waals surface area (Å²) >= 11 is 0. The van der Waals surface area contributed by atoms with Gasteiger partial charge >= 0.3 is 0 Å². The van der Waals surface area contributed by atoms with Crippen LogP contribution in [-0.2, 0) is 0 Å². The van der Waals surface area contributed by atoms with Gasteiger partial charge in [0, 0.05) is 34.7 Å². The second-order valence-corrected chi connectivity index (χ2v) is 2.76. The molecule has 1 heterocycles. The number of aromatic nitrogens is 1. The summed E-state index contributed by atoms with van der Waals surface area (Å²) in [6.45, 7) is 0.